The van der Waals surface area contributed by atoms with Crippen LogP contribution in [0.15, 0.2) is 48.6 Å². The van der Waals surface area contributed by atoms with Gasteiger partial charge in [-0.2, -0.15) is 0 Å². The Morgan fingerprint density at radius 1 is 1.29 bits per heavy atom. The summed E-state index contributed by atoms with van der Waals surface area (Å²) >= 11 is 0. The van der Waals surface area contributed by atoms with Gasteiger partial charge in [0.05, 0.1) is 5.52 Å². The van der Waals surface area contributed by atoms with Gasteiger partial charge in [-0.05, 0) is 25.5 Å². The number of carbonyl (C=O) groups excluding carboxylic acids is 2. The Morgan fingerprint density at radius 3 is 2.67 bits per heavy atom. The fourth-order valence-electron chi connectivity index (χ4n) is 2.00. The number of pyridine rings is 1. The van der Waals surface area contributed by atoms with E-state index in [9.17, 15) is 9.59 Å². The van der Waals surface area contributed by atoms with Crippen molar-refractivity contribution in [3.63, 3.8) is 0 Å². The molecule has 0 bridgehead atoms. The van der Waals surface area contributed by atoms with Crippen molar-refractivity contribution in [3.05, 3.63) is 54.2 Å². The van der Waals surface area contributed by atoms with Gasteiger partial charge >= 0.3 is 0 Å². The van der Waals surface area contributed by atoms with Crippen molar-refractivity contribution >= 4 is 22.7 Å². The van der Waals surface area contributed by atoms with Gasteiger partial charge in [0, 0.05) is 5.39 Å². The number of para-hydroxylation sites is 1. The first-order chi connectivity index (χ1) is 9.97. The van der Waals surface area contributed by atoms with Crippen LogP contribution in [-0.2, 0) is 4.79 Å². The van der Waals surface area contributed by atoms with E-state index in [2.05, 4.69) is 16.9 Å². The van der Waals surface area contributed by atoms with Gasteiger partial charge in [0.2, 0.25) is 5.91 Å². The Labute approximate surface area is 122 Å². The summed E-state index contributed by atoms with van der Waals surface area (Å²) < 4.78 is 0. The number of rotatable bonds is 5. The van der Waals surface area contributed by atoms with E-state index >= 15 is 0 Å². The predicted octanol–water partition coefficient (Wildman–Crippen LogP) is 1.78. The standard InChI is InChI=1S/C16H17N3O2/c1-10(2)9-14(15(17)20)19-16(21)13-8-7-11-5-3-4-6-12(11)18-13/h3-8,14H,1,9H2,2H3,(H2,17,20)(H,19,21)/t14-/m0/s1. The van der Waals surface area contributed by atoms with Crippen LogP contribution in [0.3, 0.4) is 0 Å². The van der Waals surface area contributed by atoms with E-state index in [0.717, 1.165) is 16.5 Å². The molecular weight excluding hydrogens is 266 g/mol. The van der Waals surface area contributed by atoms with Gasteiger partial charge in [0.1, 0.15) is 11.7 Å². The lowest BCUT2D eigenvalue weighted by Crippen LogP contribution is -2.44. The molecule has 1 atom stereocenters. The highest BCUT2D eigenvalue weighted by Gasteiger charge is 2.19. The van der Waals surface area contributed by atoms with Crippen molar-refractivity contribution in [1.29, 1.82) is 0 Å². The smallest absolute Gasteiger partial charge is 0.270 e. The third kappa shape index (κ3) is 3.66. The molecule has 0 unspecified atom stereocenters. The number of benzene rings is 1. The number of carbonyl (C=O) groups is 2. The average molecular weight is 283 g/mol. The van der Waals surface area contributed by atoms with Crippen LogP contribution in [0, 0.1) is 0 Å². The first kappa shape index (κ1) is 14.7. The molecule has 0 saturated heterocycles. The van der Waals surface area contributed by atoms with Gasteiger partial charge < -0.3 is 11.1 Å². The van der Waals surface area contributed by atoms with E-state index < -0.39 is 17.9 Å². The quantitative estimate of drug-likeness (QED) is 0.820. The molecule has 2 amide bonds. The molecule has 108 valence electrons. The normalized spacial score (nSPS) is 11.9. The molecule has 21 heavy (non-hydrogen) atoms. The molecule has 0 aliphatic rings. The second-order valence-electron chi connectivity index (χ2n) is 4.98. The van der Waals surface area contributed by atoms with E-state index in [4.69, 9.17) is 5.73 Å². The minimum absolute atomic E-state index is 0.252. The van der Waals surface area contributed by atoms with E-state index in [1.165, 1.54) is 0 Å². The van der Waals surface area contributed by atoms with Crippen LogP contribution in [0.4, 0.5) is 0 Å². The molecule has 0 radical (unpaired) electrons. The molecule has 0 aliphatic carbocycles. The Morgan fingerprint density at radius 2 is 2.00 bits per heavy atom. The van der Waals surface area contributed by atoms with Crippen molar-refractivity contribution in [3.8, 4) is 0 Å². The molecule has 0 saturated carbocycles. The van der Waals surface area contributed by atoms with Gasteiger partial charge in [0.15, 0.2) is 0 Å². The topological polar surface area (TPSA) is 85.1 Å². The predicted molar refractivity (Wildman–Crippen MR) is 81.6 cm³/mol. The van der Waals surface area contributed by atoms with E-state index in [-0.39, 0.29) is 5.69 Å². The first-order valence-electron chi connectivity index (χ1n) is 6.57. The van der Waals surface area contributed by atoms with Crippen LogP contribution < -0.4 is 11.1 Å². The molecule has 0 spiro atoms. The zero-order valence-corrected chi connectivity index (χ0v) is 11.8. The second-order valence-corrected chi connectivity index (χ2v) is 4.98. The number of nitrogens with one attached hydrogen (secondary N) is 1. The number of amides is 2. The summed E-state index contributed by atoms with van der Waals surface area (Å²) in [5.41, 5.74) is 7.03. The van der Waals surface area contributed by atoms with Crippen LogP contribution in [-0.4, -0.2) is 22.8 Å². The molecule has 1 aromatic carbocycles. The van der Waals surface area contributed by atoms with Crippen molar-refractivity contribution in [2.24, 2.45) is 5.73 Å². The molecule has 1 aromatic heterocycles. The maximum atomic E-state index is 12.2. The highest BCUT2D eigenvalue weighted by Crippen LogP contribution is 2.12. The summed E-state index contributed by atoms with van der Waals surface area (Å²) in [6, 6.07) is 10.2. The minimum atomic E-state index is -0.775. The monoisotopic (exact) mass is 283 g/mol. The summed E-state index contributed by atoms with van der Waals surface area (Å²) in [5.74, 6) is -1.02. The van der Waals surface area contributed by atoms with Gasteiger partial charge in [-0.1, -0.05) is 29.8 Å². The lowest BCUT2D eigenvalue weighted by molar-refractivity contribution is -0.119. The van der Waals surface area contributed by atoms with Crippen molar-refractivity contribution in [2.45, 2.75) is 19.4 Å². The number of hydrogen-bond donors (Lipinski definition) is 2. The maximum absolute atomic E-state index is 12.2. The largest absolute Gasteiger partial charge is 0.368 e. The summed E-state index contributed by atoms with van der Waals surface area (Å²) in [4.78, 5) is 27.8. The summed E-state index contributed by atoms with van der Waals surface area (Å²) in [5, 5.41) is 3.54. The molecule has 2 rings (SSSR count). The lowest BCUT2D eigenvalue weighted by atomic mass is 10.1. The SMILES string of the molecule is C=C(C)C[C@H](NC(=O)c1ccc2ccccc2n1)C(N)=O. The molecule has 0 fully saturated rings. The van der Waals surface area contributed by atoms with Crippen LogP contribution >= 0.6 is 0 Å². The van der Waals surface area contributed by atoms with Gasteiger partial charge in [-0.25, -0.2) is 4.98 Å². The third-order valence-electron chi connectivity index (χ3n) is 3.03. The number of hydrogen-bond acceptors (Lipinski definition) is 3. The van der Waals surface area contributed by atoms with Crippen molar-refractivity contribution in [1.82, 2.24) is 10.3 Å². The summed E-state index contributed by atoms with van der Waals surface area (Å²) in [7, 11) is 0. The highest BCUT2D eigenvalue weighted by molar-refractivity contribution is 5.97. The average Bonchev–Trinajstić information content (AvgIpc) is 2.45. The highest BCUT2D eigenvalue weighted by atomic mass is 16.2. The van der Waals surface area contributed by atoms with Crippen LogP contribution in [0.5, 0.6) is 0 Å². The first-order valence-corrected chi connectivity index (χ1v) is 6.57. The maximum Gasteiger partial charge on any atom is 0.270 e. The van der Waals surface area contributed by atoms with Crippen molar-refractivity contribution in [2.75, 3.05) is 0 Å². The molecule has 3 N–H and O–H groups in total. The number of aromatic nitrogens is 1. The molecular formula is C16H17N3O2. The number of fused-ring (bicyclic) bond motifs is 1. The molecule has 5 nitrogen and oxygen atoms in total. The zero-order chi connectivity index (χ0) is 15.4. The van der Waals surface area contributed by atoms with Gasteiger partial charge in [-0.15, -0.1) is 6.58 Å². The fraction of sp³-hybridized carbons (Fsp3) is 0.188. The van der Waals surface area contributed by atoms with Crippen LogP contribution in [0.2, 0.25) is 0 Å². The van der Waals surface area contributed by atoms with Crippen molar-refractivity contribution < 1.29 is 9.59 Å². The third-order valence-corrected chi connectivity index (χ3v) is 3.03. The van der Waals surface area contributed by atoms with Crippen LogP contribution in [0.25, 0.3) is 10.9 Å². The van der Waals surface area contributed by atoms with Gasteiger partial charge in [-0.3, -0.25) is 9.59 Å². The number of nitrogens with two attached hydrogens (primary N) is 1. The van der Waals surface area contributed by atoms with E-state index in [1.807, 2.05) is 30.3 Å². The summed E-state index contributed by atoms with van der Waals surface area (Å²) in [6.07, 6.45) is 0.314. The second kappa shape index (κ2) is 6.17. The minimum Gasteiger partial charge on any atom is -0.368 e. The van der Waals surface area contributed by atoms with E-state index in [0.29, 0.717) is 6.42 Å². The Balaban J connectivity index is 2.20. The Kier molecular flexibility index (Phi) is 4.33. The van der Waals surface area contributed by atoms with Crippen LogP contribution in [0.1, 0.15) is 23.8 Å². The lowest BCUT2D eigenvalue weighted by Gasteiger charge is -2.15. The van der Waals surface area contributed by atoms with E-state index in [1.54, 1.807) is 13.0 Å². The fourth-order valence-corrected chi connectivity index (χ4v) is 2.00. The van der Waals surface area contributed by atoms with Gasteiger partial charge in [0.25, 0.3) is 5.91 Å². The number of primary amides is 1. The number of nitrogens with zero attached hydrogens (tertiary/aromatic N) is 1. The Bertz CT molecular complexity index is 709. The zero-order valence-electron chi connectivity index (χ0n) is 11.8. The Hall–Kier alpha value is -2.69. The summed E-state index contributed by atoms with van der Waals surface area (Å²) in [6.45, 7) is 5.50. The molecule has 2 aromatic rings. The molecule has 1 heterocycles. The molecule has 0 aliphatic heterocycles. The molecule has 5 heteroatoms.